The first-order chi connectivity index (χ1) is 13.5. The van der Waals surface area contributed by atoms with Crippen LogP contribution in [0.5, 0.6) is 0 Å². The normalized spacial score (nSPS) is 12.0. The highest BCUT2D eigenvalue weighted by Gasteiger charge is 2.16. The van der Waals surface area contributed by atoms with Gasteiger partial charge in [0.25, 0.3) is 0 Å². The average molecular weight is 461 g/mol. The van der Waals surface area contributed by atoms with E-state index in [-0.39, 0.29) is 5.92 Å². The average Bonchev–Trinajstić information content (AvgIpc) is 3.18. The number of hydrogen-bond donors (Lipinski definition) is 0. The number of nitrogens with zero attached hydrogens (tertiary/aromatic N) is 4. The van der Waals surface area contributed by atoms with Crippen LogP contribution in [-0.4, -0.2) is 41.3 Å². The Morgan fingerprint density at radius 2 is 2.14 bits per heavy atom. The molecule has 8 heteroatoms. The van der Waals surface area contributed by atoms with Crippen LogP contribution in [0.3, 0.4) is 0 Å². The van der Waals surface area contributed by atoms with Gasteiger partial charge < -0.3 is 9.64 Å². The number of carbonyl (C=O) groups is 1. The molecule has 0 N–H and O–H groups in total. The summed E-state index contributed by atoms with van der Waals surface area (Å²) in [6.45, 7) is 2.55. The Kier molecular flexibility index (Phi) is 6.88. The molecule has 0 aliphatic carbocycles. The standard InChI is InChI=1S/C20H21BrN4O2S/c1-14(17-8-9-25(23-17)20-7-5-16(21)11-22-20)15-4-6-18(24(2)12-27-3)19(10-15)28-13-26/h4-11,13-14H,12H2,1-3H3. The predicted molar refractivity (Wildman–Crippen MR) is 116 cm³/mol. The van der Waals surface area contributed by atoms with E-state index in [0.29, 0.717) is 6.73 Å². The van der Waals surface area contributed by atoms with Gasteiger partial charge in [0.2, 0.25) is 0 Å². The lowest BCUT2D eigenvalue weighted by Crippen LogP contribution is -2.20. The fraction of sp³-hybridized carbons (Fsp3) is 0.250. The van der Waals surface area contributed by atoms with Crippen molar-refractivity contribution in [2.75, 3.05) is 25.8 Å². The SMILES string of the molecule is COCN(C)c1ccc(C(C)c2ccn(-c3ccc(Br)cn3)n2)cc1SC=O. The molecule has 1 unspecified atom stereocenters. The molecular weight excluding hydrogens is 440 g/mol. The number of halogens is 1. The molecule has 0 saturated heterocycles. The van der Waals surface area contributed by atoms with E-state index in [2.05, 4.69) is 39.0 Å². The number of ether oxygens (including phenoxy) is 1. The number of pyridine rings is 1. The fourth-order valence-electron chi connectivity index (χ4n) is 2.90. The molecule has 0 fully saturated rings. The van der Waals surface area contributed by atoms with Gasteiger partial charge in [-0.1, -0.05) is 24.8 Å². The monoisotopic (exact) mass is 460 g/mol. The third kappa shape index (κ3) is 4.63. The second-order valence-electron chi connectivity index (χ2n) is 6.30. The smallest absolute Gasteiger partial charge is 0.181 e. The summed E-state index contributed by atoms with van der Waals surface area (Å²) >= 11 is 4.56. The van der Waals surface area contributed by atoms with Crippen molar-refractivity contribution >= 4 is 39.0 Å². The van der Waals surface area contributed by atoms with Gasteiger partial charge in [-0.15, -0.1) is 0 Å². The molecule has 1 atom stereocenters. The van der Waals surface area contributed by atoms with Crippen LogP contribution < -0.4 is 4.90 Å². The summed E-state index contributed by atoms with van der Waals surface area (Å²) in [6, 6.07) is 12.0. The van der Waals surface area contributed by atoms with E-state index in [1.807, 2.05) is 48.5 Å². The summed E-state index contributed by atoms with van der Waals surface area (Å²) in [5, 5.41) is 4.68. The summed E-state index contributed by atoms with van der Waals surface area (Å²) < 4.78 is 7.89. The third-order valence-corrected chi connectivity index (χ3v) is 5.54. The van der Waals surface area contributed by atoms with Crippen LogP contribution in [0.15, 0.2) is 58.2 Å². The van der Waals surface area contributed by atoms with Crippen LogP contribution in [0.1, 0.15) is 24.1 Å². The Morgan fingerprint density at radius 3 is 2.82 bits per heavy atom. The molecular formula is C20H21BrN4O2S. The maximum absolute atomic E-state index is 11.1. The Hall–Kier alpha value is -2.16. The molecule has 0 aliphatic heterocycles. The number of anilines is 1. The molecule has 0 saturated carbocycles. The summed E-state index contributed by atoms with van der Waals surface area (Å²) in [7, 11) is 3.58. The lowest BCUT2D eigenvalue weighted by Gasteiger charge is -2.22. The van der Waals surface area contributed by atoms with Crippen LogP contribution in [0, 0.1) is 0 Å². The lowest BCUT2D eigenvalue weighted by atomic mass is 9.97. The van der Waals surface area contributed by atoms with Gasteiger partial charge in [0.15, 0.2) is 11.4 Å². The van der Waals surface area contributed by atoms with E-state index in [9.17, 15) is 4.79 Å². The first-order valence-electron chi connectivity index (χ1n) is 8.65. The van der Waals surface area contributed by atoms with Gasteiger partial charge in [-0.25, -0.2) is 9.67 Å². The number of carbonyl (C=O) groups excluding carboxylic acids is 1. The van der Waals surface area contributed by atoms with E-state index >= 15 is 0 Å². The van der Waals surface area contributed by atoms with E-state index in [1.165, 1.54) is 11.8 Å². The molecule has 0 amide bonds. The molecule has 3 aromatic rings. The van der Waals surface area contributed by atoms with Crippen molar-refractivity contribution in [3.63, 3.8) is 0 Å². The second kappa shape index (κ2) is 9.36. The van der Waals surface area contributed by atoms with Crippen molar-refractivity contribution in [3.8, 4) is 5.82 Å². The zero-order chi connectivity index (χ0) is 20.1. The van der Waals surface area contributed by atoms with Gasteiger partial charge >= 0.3 is 0 Å². The number of methoxy groups -OCH3 is 1. The highest BCUT2D eigenvalue weighted by Crippen LogP contribution is 2.33. The van der Waals surface area contributed by atoms with E-state index in [0.717, 1.165) is 37.7 Å². The Labute approximate surface area is 177 Å². The number of rotatable bonds is 8. The van der Waals surface area contributed by atoms with Gasteiger partial charge in [-0.05, 0) is 51.8 Å². The van der Waals surface area contributed by atoms with Gasteiger partial charge in [0.1, 0.15) is 6.73 Å². The molecule has 0 aliphatic rings. The zero-order valence-electron chi connectivity index (χ0n) is 15.9. The molecule has 146 valence electrons. The number of benzene rings is 1. The molecule has 1 aromatic carbocycles. The molecule has 2 heterocycles. The first-order valence-corrected chi connectivity index (χ1v) is 10.3. The van der Waals surface area contributed by atoms with Crippen molar-refractivity contribution in [1.82, 2.24) is 14.8 Å². The second-order valence-corrected chi connectivity index (χ2v) is 8.08. The number of thioether (sulfide) groups is 1. The topological polar surface area (TPSA) is 60.2 Å². The Bertz CT molecular complexity index is 946. The molecule has 0 bridgehead atoms. The first kappa shape index (κ1) is 20.6. The van der Waals surface area contributed by atoms with Crippen molar-refractivity contribution in [1.29, 1.82) is 0 Å². The van der Waals surface area contributed by atoms with Gasteiger partial charge in [0, 0.05) is 41.8 Å². The zero-order valence-corrected chi connectivity index (χ0v) is 18.3. The summed E-state index contributed by atoms with van der Waals surface area (Å²) in [6.07, 6.45) is 3.65. The predicted octanol–water partition coefficient (Wildman–Crippen LogP) is 4.50. The van der Waals surface area contributed by atoms with E-state index in [4.69, 9.17) is 4.74 Å². The highest BCUT2D eigenvalue weighted by molar-refractivity contribution is 9.10. The molecule has 0 spiro atoms. The molecule has 2 aromatic heterocycles. The largest absolute Gasteiger partial charge is 0.364 e. The molecule has 6 nitrogen and oxygen atoms in total. The van der Waals surface area contributed by atoms with Crippen LogP contribution in [0.25, 0.3) is 5.82 Å². The Balaban J connectivity index is 1.87. The quantitative estimate of drug-likeness (QED) is 0.280. The van der Waals surface area contributed by atoms with Gasteiger partial charge in [0.05, 0.1) is 11.4 Å². The highest BCUT2D eigenvalue weighted by atomic mass is 79.9. The van der Waals surface area contributed by atoms with Crippen LogP contribution in [0.4, 0.5) is 5.69 Å². The number of aromatic nitrogens is 3. The summed E-state index contributed by atoms with van der Waals surface area (Å²) in [5.74, 6) is 0.833. The van der Waals surface area contributed by atoms with E-state index < -0.39 is 0 Å². The minimum atomic E-state index is 0.0736. The van der Waals surface area contributed by atoms with Crippen molar-refractivity contribution in [3.05, 3.63) is 64.5 Å². The third-order valence-electron chi connectivity index (χ3n) is 4.39. The minimum absolute atomic E-state index is 0.0736. The Morgan fingerprint density at radius 1 is 1.32 bits per heavy atom. The van der Waals surface area contributed by atoms with Gasteiger partial charge in [-0.3, -0.25) is 4.79 Å². The van der Waals surface area contributed by atoms with Crippen molar-refractivity contribution in [2.24, 2.45) is 0 Å². The molecule has 3 rings (SSSR count). The van der Waals surface area contributed by atoms with Crippen molar-refractivity contribution in [2.45, 2.75) is 17.7 Å². The minimum Gasteiger partial charge on any atom is -0.364 e. The summed E-state index contributed by atoms with van der Waals surface area (Å²) in [4.78, 5) is 18.4. The van der Waals surface area contributed by atoms with Crippen LogP contribution in [0.2, 0.25) is 0 Å². The maximum atomic E-state index is 11.1. The fourth-order valence-corrected chi connectivity index (χ4v) is 3.78. The lowest BCUT2D eigenvalue weighted by molar-refractivity contribution is 0.202. The number of hydrogen-bond acceptors (Lipinski definition) is 6. The van der Waals surface area contributed by atoms with Crippen molar-refractivity contribution < 1.29 is 9.53 Å². The maximum Gasteiger partial charge on any atom is 0.181 e. The molecule has 0 radical (unpaired) electrons. The molecule has 28 heavy (non-hydrogen) atoms. The van der Waals surface area contributed by atoms with Gasteiger partial charge in [-0.2, -0.15) is 5.10 Å². The summed E-state index contributed by atoms with van der Waals surface area (Å²) in [5.41, 5.74) is 3.83. The van der Waals surface area contributed by atoms with Crippen LogP contribution in [-0.2, 0) is 9.53 Å². The van der Waals surface area contributed by atoms with Crippen LogP contribution >= 0.6 is 27.7 Å². The van der Waals surface area contributed by atoms with E-state index in [1.54, 1.807) is 18.0 Å².